The van der Waals surface area contributed by atoms with Crippen molar-refractivity contribution in [2.45, 2.75) is 13.8 Å². The first-order valence-electron chi connectivity index (χ1n) is 6.84. The molecule has 5 heteroatoms. The van der Waals surface area contributed by atoms with Gasteiger partial charge in [-0.1, -0.05) is 40.2 Å². The van der Waals surface area contributed by atoms with Crippen molar-refractivity contribution in [1.29, 1.82) is 0 Å². The van der Waals surface area contributed by atoms with Gasteiger partial charge in [-0.2, -0.15) is 0 Å². The Hall–Kier alpha value is -2.27. The summed E-state index contributed by atoms with van der Waals surface area (Å²) in [5.41, 5.74) is 2.86. The minimum absolute atomic E-state index is 0.261. The molecule has 0 fully saturated rings. The fourth-order valence-corrected chi connectivity index (χ4v) is 3.00. The average molecular weight is 356 g/mol. The van der Waals surface area contributed by atoms with Crippen LogP contribution in [0, 0.1) is 13.8 Å². The SMILES string of the molecule is Cc1cnc(C(=O)Nc2c(C)cc(Br)c3ccccc23)cn1. The standard InChI is InChI=1S/C17H14BrN3O/c1-10-7-14(18)12-5-3-4-6-13(12)16(10)21-17(22)15-9-19-11(2)8-20-15/h3-9H,1-2H3,(H,21,22). The van der Waals surface area contributed by atoms with Gasteiger partial charge in [0.05, 0.1) is 17.6 Å². The first kappa shape index (κ1) is 14.7. The summed E-state index contributed by atoms with van der Waals surface area (Å²) >= 11 is 3.57. The van der Waals surface area contributed by atoms with Gasteiger partial charge in [-0.3, -0.25) is 9.78 Å². The van der Waals surface area contributed by atoms with Gasteiger partial charge >= 0.3 is 0 Å². The number of halogens is 1. The van der Waals surface area contributed by atoms with Crippen molar-refractivity contribution in [1.82, 2.24) is 9.97 Å². The van der Waals surface area contributed by atoms with Crippen LogP contribution >= 0.6 is 15.9 Å². The maximum Gasteiger partial charge on any atom is 0.275 e. The summed E-state index contributed by atoms with van der Waals surface area (Å²) in [7, 11) is 0. The quantitative estimate of drug-likeness (QED) is 0.746. The molecule has 0 saturated carbocycles. The van der Waals surface area contributed by atoms with Gasteiger partial charge in [-0.15, -0.1) is 0 Å². The third kappa shape index (κ3) is 2.72. The predicted octanol–water partition coefficient (Wildman–Crippen LogP) is 4.26. The molecule has 0 spiro atoms. The van der Waals surface area contributed by atoms with Crippen molar-refractivity contribution in [3.63, 3.8) is 0 Å². The van der Waals surface area contributed by atoms with Crippen LogP contribution in [0.2, 0.25) is 0 Å². The molecule has 3 aromatic rings. The molecule has 0 aliphatic heterocycles. The lowest BCUT2D eigenvalue weighted by molar-refractivity contribution is 0.102. The van der Waals surface area contributed by atoms with E-state index in [-0.39, 0.29) is 5.91 Å². The number of hydrogen-bond donors (Lipinski definition) is 1. The zero-order valence-corrected chi connectivity index (χ0v) is 13.8. The molecular formula is C17H14BrN3O. The predicted molar refractivity (Wildman–Crippen MR) is 91.1 cm³/mol. The van der Waals surface area contributed by atoms with Crippen molar-refractivity contribution in [2.75, 3.05) is 5.32 Å². The Morgan fingerprint density at radius 2 is 1.82 bits per heavy atom. The van der Waals surface area contributed by atoms with E-state index in [1.54, 1.807) is 6.20 Å². The van der Waals surface area contributed by atoms with Crippen LogP contribution in [0.4, 0.5) is 5.69 Å². The van der Waals surface area contributed by atoms with Gasteiger partial charge in [-0.05, 0) is 30.9 Å². The highest BCUT2D eigenvalue weighted by molar-refractivity contribution is 9.10. The second-order valence-electron chi connectivity index (χ2n) is 5.09. The van der Waals surface area contributed by atoms with Crippen LogP contribution in [0.3, 0.4) is 0 Å². The summed E-state index contributed by atoms with van der Waals surface area (Å²) in [6, 6.07) is 9.93. The van der Waals surface area contributed by atoms with E-state index >= 15 is 0 Å². The second kappa shape index (κ2) is 5.85. The molecule has 1 heterocycles. The lowest BCUT2D eigenvalue weighted by Gasteiger charge is -2.13. The van der Waals surface area contributed by atoms with Crippen LogP contribution in [0.15, 0.2) is 47.2 Å². The molecule has 3 rings (SSSR count). The topological polar surface area (TPSA) is 54.9 Å². The number of nitrogens with one attached hydrogen (secondary N) is 1. The molecule has 0 atom stereocenters. The summed E-state index contributed by atoms with van der Waals surface area (Å²) in [6.07, 6.45) is 3.07. The molecule has 1 N–H and O–H groups in total. The van der Waals surface area contributed by atoms with E-state index in [1.165, 1.54) is 6.20 Å². The number of rotatable bonds is 2. The molecular weight excluding hydrogens is 342 g/mol. The minimum Gasteiger partial charge on any atom is -0.320 e. The van der Waals surface area contributed by atoms with Crippen LogP contribution in [-0.2, 0) is 0 Å². The van der Waals surface area contributed by atoms with Gasteiger partial charge in [0.1, 0.15) is 5.69 Å². The summed E-state index contributed by atoms with van der Waals surface area (Å²) in [6.45, 7) is 3.80. The van der Waals surface area contributed by atoms with Crippen molar-refractivity contribution in [2.24, 2.45) is 0 Å². The second-order valence-corrected chi connectivity index (χ2v) is 5.95. The van der Waals surface area contributed by atoms with E-state index in [4.69, 9.17) is 0 Å². The molecule has 110 valence electrons. The molecule has 22 heavy (non-hydrogen) atoms. The lowest BCUT2D eigenvalue weighted by Crippen LogP contribution is -2.15. The Morgan fingerprint density at radius 3 is 2.50 bits per heavy atom. The van der Waals surface area contributed by atoms with E-state index in [0.717, 1.165) is 32.2 Å². The molecule has 0 unspecified atom stereocenters. The zero-order chi connectivity index (χ0) is 15.7. The third-order valence-electron chi connectivity index (χ3n) is 3.44. The number of benzene rings is 2. The van der Waals surface area contributed by atoms with Gasteiger partial charge in [0.2, 0.25) is 0 Å². The summed E-state index contributed by atoms with van der Waals surface area (Å²) in [4.78, 5) is 20.6. The van der Waals surface area contributed by atoms with Gasteiger partial charge in [0.25, 0.3) is 5.91 Å². The number of aryl methyl sites for hydroxylation is 2. The van der Waals surface area contributed by atoms with E-state index in [1.807, 2.05) is 44.2 Å². The van der Waals surface area contributed by atoms with E-state index in [0.29, 0.717) is 5.69 Å². The Kier molecular flexibility index (Phi) is 3.90. The zero-order valence-electron chi connectivity index (χ0n) is 12.2. The Labute approximate surface area is 136 Å². The Balaban J connectivity index is 2.03. The van der Waals surface area contributed by atoms with E-state index in [9.17, 15) is 4.79 Å². The summed E-state index contributed by atoms with van der Waals surface area (Å²) in [5, 5.41) is 5.00. The fourth-order valence-electron chi connectivity index (χ4n) is 2.32. The van der Waals surface area contributed by atoms with Crippen molar-refractivity contribution < 1.29 is 4.79 Å². The van der Waals surface area contributed by atoms with E-state index in [2.05, 4.69) is 31.2 Å². The molecule has 0 aliphatic rings. The molecule has 1 amide bonds. The summed E-state index contributed by atoms with van der Waals surface area (Å²) in [5.74, 6) is -0.261. The number of fused-ring (bicyclic) bond motifs is 1. The van der Waals surface area contributed by atoms with Crippen LogP contribution in [0.25, 0.3) is 10.8 Å². The minimum atomic E-state index is -0.261. The summed E-state index contributed by atoms with van der Waals surface area (Å²) < 4.78 is 1.01. The number of aromatic nitrogens is 2. The number of anilines is 1. The fraction of sp³-hybridized carbons (Fsp3) is 0.118. The van der Waals surface area contributed by atoms with Crippen LogP contribution in [0.1, 0.15) is 21.7 Å². The largest absolute Gasteiger partial charge is 0.320 e. The molecule has 0 radical (unpaired) electrons. The normalized spacial score (nSPS) is 10.7. The number of carbonyl (C=O) groups is 1. The molecule has 1 aromatic heterocycles. The molecule has 4 nitrogen and oxygen atoms in total. The maximum absolute atomic E-state index is 12.4. The van der Waals surface area contributed by atoms with Gasteiger partial charge < -0.3 is 5.32 Å². The highest BCUT2D eigenvalue weighted by atomic mass is 79.9. The number of amides is 1. The first-order valence-corrected chi connectivity index (χ1v) is 7.63. The molecule has 0 saturated heterocycles. The first-order chi connectivity index (χ1) is 10.6. The van der Waals surface area contributed by atoms with Crippen LogP contribution in [-0.4, -0.2) is 15.9 Å². The third-order valence-corrected chi connectivity index (χ3v) is 4.10. The Bertz CT molecular complexity index is 860. The number of hydrogen-bond acceptors (Lipinski definition) is 3. The van der Waals surface area contributed by atoms with Crippen LogP contribution < -0.4 is 5.32 Å². The highest BCUT2D eigenvalue weighted by Crippen LogP contribution is 2.33. The molecule has 2 aromatic carbocycles. The van der Waals surface area contributed by atoms with Crippen molar-refractivity contribution in [3.05, 3.63) is 64.1 Å². The van der Waals surface area contributed by atoms with Gasteiger partial charge in [0, 0.05) is 16.1 Å². The van der Waals surface area contributed by atoms with E-state index < -0.39 is 0 Å². The van der Waals surface area contributed by atoms with Crippen LogP contribution in [0.5, 0.6) is 0 Å². The van der Waals surface area contributed by atoms with Gasteiger partial charge in [0.15, 0.2) is 0 Å². The van der Waals surface area contributed by atoms with Crippen molar-refractivity contribution in [3.8, 4) is 0 Å². The number of carbonyl (C=O) groups excluding carboxylic acids is 1. The number of nitrogens with zero attached hydrogens (tertiary/aromatic N) is 2. The monoisotopic (exact) mass is 355 g/mol. The molecule has 0 bridgehead atoms. The van der Waals surface area contributed by atoms with Crippen molar-refractivity contribution >= 4 is 38.3 Å². The maximum atomic E-state index is 12.4. The lowest BCUT2D eigenvalue weighted by atomic mass is 10.0. The van der Waals surface area contributed by atoms with Gasteiger partial charge in [-0.25, -0.2) is 4.98 Å². The highest BCUT2D eigenvalue weighted by Gasteiger charge is 2.13. The smallest absolute Gasteiger partial charge is 0.275 e. The Morgan fingerprint density at radius 1 is 1.09 bits per heavy atom. The average Bonchev–Trinajstić information content (AvgIpc) is 2.52. The molecule has 0 aliphatic carbocycles.